The second-order valence-electron chi connectivity index (χ2n) is 5.29. The summed E-state index contributed by atoms with van der Waals surface area (Å²) in [6, 6.07) is 11.5. The van der Waals surface area contributed by atoms with Crippen LogP contribution in [0.15, 0.2) is 64.4 Å². The summed E-state index contributed by atoms with van der Waals surface area (Å²) in [6.45, 7) is -0.0198. The van der Waals surface area contributed by atoms with Gasteiger partial charge < -0.3 is 9.15 Å². The van der Waals surface area contributed by atoms with Crippen molar-refractivity contribution in [2.75, 3.05) is 0 Å². The standard InChI is InChI=1S/C19H13F3O3S/c20-19(21,22)13-3-1-4-15(11-13)24-12-16-7-6-14(25-16)8-9-17(23)18-5-2-10-26-18/h1-11H,12H2/b9-8+. The van der Waals surface area contributed by atoms with Gasteiger partial charge in [-0.1, -0.05) is 12.1 Å². The minimum absolute atomic E-state index is 0.0198. The summed E-state index contributed by atoms with van der Waals surface area (Å²) in [7, 11) is 0. The number of rotatable bonds is 6. The number of hydrogen-bond donors (Lipinski definition) is 0. The fourth-order valence-corrected chi connectivity index (χ4v) is 2.78. The minimum atomic E-state index is -4.42. The third-order valence-corrected chi connectivity index (χ3v) is 4.27. The van der Waals surface area contributed by atoms with Gasteiger partial charge in [0.05, 0.1) is 10.4 Å². The Morgan fingerprint density at radius 3 is 2.73 bits per heavy atom. The Hall–Kier alpha value is -2.80. The van der Waals surface area contributed by atoms with Crippen LogP contribution in [-0.2, 0) is 12.8 Å². The maximum Gasteiger partial charge on any atom is 0.416 e. The van der Waals surface area contributed by atoms with Gasteiger partial charge in [-0.3, -0.25) is 4.79 Å². The van der Waals surface area contributed by atoms with E-state index in [0.29, 0.717) is 16.4 Å². The number of alkyl halides is 3. The van der Waals surface area contributed by atoms with E-state index in [2.05, 4.69) is 0 Å². The molecule has 0 saturated carbocycles. The molecule has 134 valence electrons. The van der Waals surface area contributed by atoms with E-state index in [-0.39, 0.29) is 18.1 Å². The van der Waals surface area contributed by atoms with Crippen LogP contribution in [0, 0.1) is 0 Å². The van der Waals surface area contributed by atoms with Crippen molar-refractivity contribution >= 4 is 23.2 Å². The number of carbonyl (C=O) groups excluding carboxylic acids is 1. The Balaban J connectivity index is 1.60. The highest BCUT2D eigenvalue weighted by molar-refractivity contribution is 7.12. The van der Waals surface area contributed by atoms with Crippen molar-refractivity contribution in [3.8, 4) is 5.75 Å². The molecule has 0 aliphatic rings. The van der Waals surface area contributed by atoms with Crippen LogP contribution in [0.25, 0.3) is 6.08 Å². The summed E-state index contributed by atoms with van der Waals surface area (Å²) in [5.41, 5.74) is -0.773. The van der Waals surface area contributed by atoms with Crippen LogP contribution in [0.4, 0.5) is 13.2 Å². The van der Waals surface area contributed by atoms with Crippen LogP contribution in [0.5, 0.6) is 5.75 Å². The molecule has 1 aromatic carbocycles. The summed E-state index contributed by atoms with van der Waals surface area (Å²) >= 11 is 1.35. The summed E-state index contributed by atoms with van der Waals surface area (Å²) in [6.07, 6.45) is -1.48. The number of furan rings is 1. The lowest BCUT2D eigenvalue weighted by molar-refractivity contribution is -0.137. The molecule has 0 saturated heterocycles. The zero-order valence-corrected chi connectivity index (χ0v) is 14.1. The molecule has 0 amide bonds. The van der Waals surface area contributed by atoms with Gasteiger partial charge in [-0.2, -0.15) is 13.2 Å². The molecule has 0 bridgehead atoms. The quantitative estimate of drug-likeness (QED) is 0.400. The van der Waals surface area contributed by atoms with Crippen LogP contribution < -0.4 is 4.74 Å². The van der Waals surface area contributed by atoms with Crippen molar-refractivity contribution in [3.63, 3.8) is 0 Å². The van der Waals surface area contributed by atoms with E-state index in [1.807, 2.05) is 5.38 Å². The lowest BCUT2D eigenvalue weighted by Gasteiger charge is -2.09. The normalized spacial score (nSPS) is 11.8. The van der Waals surface area contributed by atoms with Crippen molar-refractivity contribution in [3.05, 3.63) is 81.9 Å². The van der Waals surface area contributed by atoms with Crippen LogP contribution >= 0.6 is 11.3 Å². The number of halogens is 3. The van der Waals surface area contributed by atoms with Gasteiger partial charge >= 0.3 is 6.18 Å². The van der Waals surface area contributed by atoms with Crippen LogP contribution in [0.3, 0.4) is 0 Å². The smallest absolute Gasteiger partial charge is 0.416 e. The molecular formula is C19H13F3O3S. The van der Waals surface area contributed by atoms with Crippen molar-refractivity contribution < 1.29 is 27.1 Å². The molecule has 0 aliphatic heterocycles. The van der Waals surface area contributed by atoms with Crippen molar-refractivity contribution in [1.29, 1.82) is 0 Å². The average Bonchev–Trinajstić information content (AvgIpc) is 3.29. The topological polar surface area (TPSA) is 39.4 Å². The van der Waals surface area contributed by atoms with Crippen LogP contribution in [0.2, 0.25) is 0 Å². The van der Waals surface area contributed by atoms with E-state index in [0.717, 1.165) is 12.1 Å². The van der Waals surface area contributed by atoms with Gasteiger partial charge in [-0.15, -0.1) is 11.3 Å². The third kappa shape index (κ3) is 4.64. The highest BCUT2D eigenvalue weighted by Crippen LogP contribution is 2.31. The number of carbonyl (C=O) groups is 1. The van der Waals surface area contributed by atoms with Crippen LogP contribution in [-0.4, -0.2) is 5.78 Å². The molecule has 0 radical (unpaired) electrons. The fraction of sp³-hybridized carbons (Fsp3) is 0.105. The summed E-state index contributed by atoms with van der Waals surface area (Å²) in [5, 5.41) is 1.82. The monoisotopic (exact) mass is 378 g/mol. The van der Waals surface area contributed by atoms with Gasteiger partial charge in [0.2, 0.25) is 0 Å². The molecule has 3 aromatic rings. The van der Waals surface area contributed by atoms with Crippen LogP contribution in [0.1, 0.15) is 26.8 Å². The first kappa shape index (κ1) is 18.0. The average molecular weight is 378 g/mol. The molecule has 7 heteroatoms. The van der Waals surface area contributed by atoms with Gasteiger partial charge in [0.15, 0.2) is 5.78 Å². The second kappa shape index (κ2) is 7.61. The minimum Gasteiger partial charge on any atom is -0.486 e. The van der Waals surface area contributed by atoms with Gasteiger partial charge in [0.25, 0.3) is 0 Å². The first-order valence-electron chi connectivity index (χ1n) is 7.56. The molecule has 0 unspecified atom stereocenters. The highest BCUT2D eigenvalue weighted by atomic mass is 32.1. The molecule has 2 heterocycles. The zero-order chi connectivity index (χ0) is 18.6. The van der Waals surface area contributed by atoms with E-state index in [1.54, 1.807) is 24.3 Å². The Labute approximate surface area is 151 Å². The number of ether oxygens (including phenoxy) is 1. The molecule has 3 nitrogen and oxygen atoms in total. The van der Waals surface area contributed by atoms with Crippen molar-refractivity contribution in [2.45, 2.75) is 12.8 Å². The van der Waals surface area contributed by atoms with Gasteiger partial charge in [-0.05, 0) is 53.9 Å². The lowest BCUT2D eigenvalue weighted by atomic mass is 10.2. The highest BCUT2D eigenvalue weighted by Gasteiger charge is 2.30. The van der Waals surface area contributed by atoms with E-state index in [4.69, 9.17) is 9.15 Å². The van der Waals surface area contributed by atoms with Crippen molar-refractivity contribution in [2.24, 2.45) is 0 Å². The Kier molecular flexibility index (Phi) is 5.27. The number of allylic oxidation sites excluding steroid dienone is 1. The maximum atomic E-state index is 12.7. The fourth-order valence-electron chi connectivity index (χ4n) is 2.14. The number of thiophene rings is 1. The molecule has 0 aliphatic carbocycles. The van der Waals surface area contributed by atoms with Crippen molar-refractivity contribution in [1.82, 2.24) is 0 Å². The van der Waals surface area contributed by atoms with E-state index < -0.39 is 11.7 Å². The largest absolute Gasteiger partial charge is 0.486 e. The molecule has 26 heavy (non-hydrogen) atoms. The third-order valence-electron chi connectivity index (χ3n) is 3.39. The number of hydrogen-bond acceptors (Lipinski definition) is 4. The molecule has 0 atom stereocenters. The number of benzene rings is 1. The second-order valence-corrected chi connectivity index (χ2v) is 6.24. The van der Waals surface area contributed by atoms with E-state index in [9.17, 15) is 18.0 Å². The van der Waals surface area contributed by atoms with Gasteiger partial charge in [-0.25, -0.2) is 0 Å². The molecule has 0 fully saturated rings. The van der Waals surface area contributed by atoms with E-state index in [1.165, 1.54) is 35.6 Å². The SMILES string of the molecule is O=C(/C=C/c1ccc(COc2cccc(C(F)(F)F)c2)o1)c1cccs1. The maximum absolute atomic E-state index is 12.7. The number of ketones is 1. The summed E-state index contributed by atoms with van der Waals surface area (Å²) < 4.78 is 48.9. The van der Waals surface area contributed by atoms with E-state index >= 15 is 0 Å². The predicted octanol–water partition coefficient (Wildman–Crippen LogP) is 5.84. The molecule has 0 spiro atoms. The predicted molar refractivity (Wildman–Crippen MR) is 92.2 cm³/mol. The Morgan fingerprint density at radius 2 is 2.00 bits per heavy atom. The summed E-state index contributed by atoms with van der Waals surface area (Å²) in [5.74, 6) is 0.863. The zero-order valence-electron chi connectivity index (χ0n) is 13.3. The molecule has 3 rings (SSSR count). The van der Waals surface area contributed by atoms with Gasteiger partial charge in [0.1, 0.15) is 23.9 Å². The molecular weight excluding hydrogens is 365 g/mol. The molecule has 2 aromatic heterocycles. The lowest BCUT2D eigenvalue weighted by Crippen LogP contribution is -2.05. The Bertz CT molecular complexity index is 908. The Morgan fingerprint density at radius 1 is 1.15 bits per heavy atom. The summed E-state index contributed by atoms with van der Waals surface area (Å²) in [4.78, 5) is 12.5. The first-order chi connectivity index (χ1) is 12.4. The first-order valence-corrected chi connectivity index (χ1v) is 8.44. The van der Waals surface area contributed by atoms with Gasteiger partial charge in [0, 0.05) is 0 Å². The molecule has 0 N–H and O–H groups in total.